The van der Waals surface area contributed by atoms with Crippen molar-refractivity contribution in [2.45, 2.75) is 47.1 Å². The van der Waals surface area contributed by atoms with Crippen LogP contribution < -0.4 is 5.32 Å². The van der Waals surface area contributed by atoms with Crippen molar-refractivity contribution in [2.75, 3.05) is 6.54 Å². The number of aromatic nitrogens is 3. The number of aryl methyl sites for hydroxylation is 3. The second-order valence-electron chi connectivity index (χ2n) is 5.31. The summed E-state index contributed by atoms with van der Waals surface area (Å²) >= 11 is 1.79. The lowest BCUT2D eigenvalue weighted by atomic mass is 10.2. The molecule has 1 unspecified atom stereocenters. The fourth-order valence-corrected chi connectivity index (χ4v) is 3.70. The van der Waals surface area contributed by atoms with Crippen LogP contribution >= 0.6 is 11.3 Å². The van der Waals surface area contributed by atoms with Gasteiger partial charge in [-0.3, -0.25) is 4.68 Å². The molecule has 2 aromatic rings. The number of rotatable bonds is 5. The smallest absolute Gasteiger partial charge is 0.127 e. The maximum absolute atomic E-state index is 4.77. The highest BCUT2D eigenvalue weighted by Gasteiger charge is 2.19. The van der Waals surface area contributed by atoms with Gasteiger partial charge in [0.2, 0.25) is 0 Å². The van der Waals surface area contributed by atoms with Crippen LogP contribution in [0.3, 0.4) is 0 Å². The summed E-state index contributed by atoms with van der Waals surface area (Å²) in [5.74, 6) is 0. The molecule has 0 saturated heterocycles. The lowest BCUT2D eigenvalue weighted by Crippen LogP contribution is -2.18. The molecule has 0 fully saturated rings. The molecule has 2 rings (SSSR count). The van der Waals surface area contributed by atoms with Crippen LogP contribution in [-0.2, 0) is 7.05 Å². The third-order valence-electron chi connectivity index (χ3n) is 3.65. The Morgan fingerprint density at radius 2 is 1.95 bits per heavy atom. The highest BCUT2D eigenvalue weighted by molar-refractivity contribution is 7.15. The summed E-state index contributed by atoms with van der Waals surface area (Å²) < 4.78 is 1.93. The average Bonchev–Trinajstić information content (AvgIpc) is 2.88. The monoisotopic (exact) mass is 292 g/mol. The van der Waals surface area contributed by atoms with Crippen LogP contribution in [-0.4, -0.2) is 21.3 Å². The summed E-state index contributed by atoms with van der Waals surface area (Å²) in [4.78, 5) is 6.10. The highest BCUT2D eigenvalue weighted by atomic mass is 32.1. The average molecular weight is 292 g/mol. The SMILES string of the molecule is CCCNC(C)c1sc(-c2c(C)nn(C)c2C)nc1C. The zero-order chi connectivity index (χ0) is 14.9. The van der Waals surface area contributed by atoms with E-state index < -0.39 is 0 Å². The molecular weight excluding hydrogens is 268 g/mol. The Morgan fingerprint density at radius 3 is 2.50 bits per heavy atom. The summed E-state index contributed by atoms with van der Waals surface area (Å²) in [6.07, 6.45) is 1.15. The zero-order valence-electron chi connectivity index (χ0n) is 13.2. The van der Waals surface area contributed by atoms with E-state index in [2.05, 4.69) is 45.0 Å². The number of hydrogen-bond acceptors (Lipinski definition) is 4. The summed E-state index contributed by atoms with van der Waals surface area (Å²) in [6, 6.07) is 0.360. The summed E-state index contributed by atoms with van der Waals surface area (Å²) in [6.45, 7) is 11.7. The minimum Gasteiger partial charge on any atom is -0.309 e. The minimum atomic E-state index is 0.360. The molecule has 110 valence electrons. The van der Waals surface area contributed by atoms with Crippen molar-refractivity contribution in [3.05, 3.63) is 22.0 Å². The molecule has 0 amide bonds. The molecule has 0 spiro atoms. The standard InChI is InChI=1S/C15H24N4S/c1-7-8-16-10(3)14-11(4)17-15(20-14)13-9(2)18-19(6)12(13)5/h10,16H,7-8H2,1-6H3. The Balaban J connectivity index is 2.36. The van der Waals surface area contributed by atoms with E-state index in [1.807, 2.05) is 11.7 Å². The van der Waals surface area contributed by atoms with Gasteiger partial charge in [0, 0.05) is 23.7 Å². The molecule has 0 aliphatic carbocycles. The fraction of sp³-hybridized carbons (Fsp3) is 0.600. The Bertz CT molecular complexity index is 597. The lowest BCUT2D eigenvalue weighted by Gasteiger charge is -2.11. The Morgan fingerprint density at radius 1 is 1.25 bits per heavy atom. The van der Waals surface area contributed by atoms with E-state index in [9.17, 15) is 0 Å². The molecule has 20 heavy (non-hydrogen) atoms. The summed E-state index contributed by atoms with van der Waals surface area (Å²) in [5.41, 5.74) is 4.55. The normalized spacial score (nSPS) is 12.9. The second kappa shape index (κ2) is 6.06. The molecule has 0 saturated carbocycles. The van der Waals surface area contributed by atoms with Gasteiger partial charge in [-0.2, -0.15) is 5.10 Å². The van der Waals surface area contributed by atoms with Gasteiger partial charge >= 0.3 is 0 Å². The van der Waals surface area contributed by atoms with Crippen molar-refractivity contribution in [1.29, 1.82) is 0 Å². The largest absolute Gasteiger partial charge is 0.309 e. The summed E-state index contributed by atoms with van der Waals surface area (Å²) in [7, 11) is 1.98. The molecule has 0 aliphatic rings. The van der Waals surface area contributed by atoms with Gasteiger partial charge in [0.1, 0.15) is 5.01 Å². The van der Waals surface area contributed by atoms with Crippen LogP contribution in [0.1, 0.15) is 48.3 Å². The van der Waals surface area contributed by atoms with E-state index >= 15 is 0 Å². The van der Waals surface area contributed by atoms with Gasteiger partial charge in [-0.25, -0.2) is 4.98 Å². The highest BCUT2D eigenvalue weighted by Crippen LogP contribution is 2.34. The molecule has 5 heteroatoms. The van der Waals surface area contributed by atoms with Crippen molar-refractivity contribution < 1.29 is 0 Å². The molecule has 2 aromatic heterocycles. The molecule has 0 radical (unpaired) electrons. The van der Waals surface area contributed by atoms with Crippen LogP contribution in [0, 0.1) is 20.8 Å². The Kier molecular flexibility index (Phi) is 4.60. The fourth-order valence-electron chi connectivity index (χ4n) is 2.45. The first-order valence-corrected chi connectivity index (χ1v) is 7.98. The van der Waals surface area contributed by atoms with Gasteiger partial charge in [0.05, 0.1) is 17.0 Å². The van der Waals surface area contributed by atoms with Crippen LogP contribution in [0.5, 0.6) is 0 Å². The first-order valence-electron chi connectivity index (χ1n) is 7.17. The van der Waals surface area contributed by atoms with Gasteiger partial charge in [0.15, 0.2) is 0 Å². The first kappa shape index (κ1) is 15.2. The Labute approximate surface area is 125 Å². The Hall–Kier alpha value is -1.20. The zero-order valence-corrected chi connectivity index (χ0v) is 14.1. The molecule has 1 atom stereocenters. The van der Waals surface area contributed by atoms with E-state index in [1.54, 1.807) is 11.3 Å². The molecule has 1 N–H and O–H groups in total. The maximum atomic E-state index is 4.77. The van der Waals surface area contributed by atoms with Crippen molar-refractivity contribution >= 4 is 11.3 Å². The first-order chi connectivity index (χ1) is 9.45. The topological polar surface area (TPSA) is 42.7 Å². The lowest BCUT2D eigenvalue weighted by molar-refractivity contribution is 0.575. The second-order valence-corrected chi connectivity index (χ2v) is 6.34. The number of thiazole rings is 1. The predicted molar refractivity (Wildman–Crippen MR) is 85.2 cm³/mol. The molecule has 0 aromatic carbocycles. The van der Waals surface area contributed by atoms with Crippen molar-refractivity contribution in [1.82, 2.24) is 20.1 Å². The summed E-state index contributed by atoms with van der Waals surface area (Å²) in [5, 5.41) is 9.11. The van der Waals surface area contributed by atoms with Gasteiger partial charge in [-0.15, -0.1) is 11.3 Å². The van der Waals surface area contributed by atoms with Gasteiger partial charge in [-0.05, 0) is 40.7 Å². The van der Waals surface area contributed by atoms with E-state index in [1.165, 1.54) is 16.1 Å². The van der Waals surface area contributed by atoms with Crippen LogP contribution in [0.4, 0.5) is 0 Å². The van der Waals surface area contributed by atoms with Crippen molar-refractivity contribution in [3.63, 3.8) is 0 Å². The van der Waals surface area contributed by atoms with Crippen LogP contribution in [0.2, 0.25) is 0 Å². The van der Waals surface area contributed by atoms with Crippen molar-refractivity contribution in [3.8, 4) is 10.6 Å². The van der Waals surface area contributed by atoms with Crippen LogP contribution in [0.25, 0.3) is 10.6 Å². The molecular formula is C15H24N4S. The van der Waals surface area contributed by atoms with Crippen LogP contribution in [0.15, 0.2) is 0 Å². The number of nitrogens with zero attached hydrogens (tertiary/aromatic N) is 3. The quantitative estimate of drug-likeness (QED) is 0.916. The predicted octanol–water partition coefficient (Wildman–Crippen LogP) is 3.53. The van der Waals surface area contributed by atoms with E-state index in [0.29, 0.717) is 6.04 Å². The van der Waals surface area contributed by atoms with E-state index in [-0.39, 0.29) is 0 Å². The van der Waals surface area contributed by atoms with Gasteiger partial charge in [-0.1, -0.05) is 6.92 Å². The van der Waals surface area contributed by atoms with E-state index in [4.69, 9.17) is 4.98 Å². The molecule has 2 heterocycles. The number of nitrogens with one attached hydrogen (secondary N) is 1. The maximum Gasteiger partial charge on any atom is 0.127 e. The molecule has 0 aliphatic heterocycles. The molecule has 0 bridgehead atoms. The van der Waals surface area contributed by atoms with Crippen molar-refractivity contribution in [2.24, 2.45) is 7.05 Å². The third-order valence-corrected chi connectivity index (χ3v) is 5.01. The minimum absolute atomic E-state index is 0.360. The molecule has 4 nitrogen and oxygen atoms in total. The van der Waals surface area contributed by atoms with E-state index in [0.717, 1.165) is 29.4 Å². The third kappa shape index (κ3) is 2.79. The van der Waals surface area contributed by atoms with Gasteiger partial charge < -0.3 is 5.32 Å². The number of hydrogen-bond donors (Lipinski definition) is 1. The van der Waals surface area contributed by atoms with Gasteiger partial charge in [0.25, 0.3) is 0 Å².